The third-order valence-corrected chi connectivity index (χ3v) is 9.78. The fourth-order valence-corrected chi connectivity index (χ4v) is 7.01. The molecule has 3 aliphatic heterocycles. The molecule has 0 aliphatic carbocycles. The predicted octanol–water partition coefficient (Wildman–Crippen LogP) is 2.72. The minimum absolute atomic E-state index is 0.0305. The zero-order chi connectivity index (χ0) is 32.0. The van der Waals surface area contributed by atoms with Crippen LogP contribution >= 0.6 is 0 Å². The summed E-state index contributed by atoms with van der Waals surface area (Å²) in [4.78, 5) is 52.4. The molecule has 3 N–H and O–H groups in total. The van der Waals surface area contributed by atoms with Gasteiger partial charge < -0.3 is 25.5 Å². The normalized spacial score (nSPS) is 19.2. The van der Waals surface area contributed by atoms with Gasteiger partial charge in [-0.2, -0.15) is 0 Å². The van der Waals surface area contributed by atoms with Gasteiger partial charge in [0.15, 0.2) is 0 Å². The lowest BCUT2D eigenvalue weighted by Crippen LogP contribution is -2.55. The highest BCUT2D eigenvalue weighted by Gasteiger charge is 2.35. The molecule has 0 unspecified atom stereocenters. The third-order valence-electron chi connectivity index (χ3n) is 9.78. The second-order valence-electron chi connectivity index (χ2n) is 12.6. The predicted molar refractivity (Wildman–Crippen MR) is 177 cm³/mol. The maximum atomic E-state index is 13.8. The smallest absolute Gasteiger partial charge is 0.254 e. The summed E-state index contributed by atoms with van der Waals surface area (Å²) in [6.45, 7) is 5.07. The number of carbonyl (C=O) groups excluding carboxylic acids is 3. The van der Waals surface area contributed by atoms with Gasteiger partial charge >= 0.3 is 0 Å². The van der Waals surface area contributed by atoms with Crippen LogP contribution in [0.25, 0.3) is 22.5 Å². The van der Waals surface area contributed by atoms with E-state index in [-0.39, 0.29) is 30.2 Å². The van der Waals surface area contributed by atoms with E-state index in [0.717, 1.165) is 61.5 Å². The number of rotatable bonds is 7. The van der Waals surface area contributed by atoms with Gasteiger partial charge in [0.25, 0.3) is 5.91 Å². The Morgan fingerprint density at radius 1 is 0.717 bits per heavy atom. The summed E-state index contributed by atoms with van der Waals surface area (Å²) >= 11 is 0. The molecule has 10 heteroatoms. The molecule has 1 aromatic heterocycles. The molecule has 4 heterocycles. The first-order chi connectivity index (χ1) is 22.4. The van der Waals surface area contributed by atoms with Gasteiger partial charge in [0, 0.05) is 81.0 Å². The molecule has 1 atom stereocenters. The number of carbonyl (C=O) groups is 3. The summed E-state index contributed by atoms with van der Waals surface area (Å²) in [6.07, 6.45) is 3.12. The number of nitrogens with two attached hydrogens (primary N) is 1. The molecule has 242 valence electrons. The van der Waals surface area contributed by atoms with Crippen molar-refractivity contribution in [1.29, 1.82) is 0 Å². The molecule has 3 aliphatic rings. The van der Waals surface area contributed by atoms with Gasteiger partial charge in [-0.05, 0) is 37.8 Å². The molecule has 46 heavy (non-hydrogen) atoms. The number of hydrogen-bond donors (Lipinski definition) is 2. The highest BCUT2D eigenvalue weighted by Crippen LogP contribution is 2.27. The number of hydrogen-bond acceptors (Lipinski definition) is 7. The molecule has 6 rings (SSSR count). The van der Waals surface area contributed by atoms with Crippen LogP contribution in [0.5, 0.6) is 0 Å². The van der Waals surface area contributed by atoms with Crippen molar-refractivity contribution in [2.45, 2.75) is 37.8 Å². The summed E-state index contributed by atoms with van der Waals surface area (Å²) in [6, 6.07) is 23.3. The number of piperazine rings is 1. The van der Waals surface area contributed by atoms with Crippen LogP contribution in [0.15, 0.2) is 72.8 Å². The van der Waals surface area contributed by atoms with Crippen LogP contribution in [-0.4, -0.2) is 118 Å². The number of likely N-dealkylation sites (tertiary alicyclic amines) is 2. The van der Waals surface area contributed by atoms with Crippen molar-refractivity contribution in [3.05, 3.63) is 78.4 Å². The van der Waals surface area contributed by atoms with Crippen molar-refractivity contribution in [2.24, 2.45) is 11.7 Å². The Kier molecular flexibility index (Phi) is 10.1. The van der Waals surface area contributed by atoms with E-state index < -0.39 is 6.04 Å². The number of amides is 3. The zero-order valence-electron chi connectivity index (χ0n) is 26.3. The molecular formula is C36H44N6O4. The standard InChI is InChI=1S/C36H44N6O4/c37-31(25-43)36(46)41-15-11-28(12-16-41)34(44)40-17-13-30(14-18-40)39-19-21-42(22-20-39)35(45)29-23-32(26-7-3-1-4-8-26)38-33(24-29)27-9-5-2-6-10-27/h1-10,23-24,28,30-31,43H,11-22,25,37H2/t31-/m0/s1. The number of aromatic nitrogens is 1. The molecule has 3 amide bonds. The van der Waals surface area contributed by atoms with Gasteiger partial charge in [0.05, 0.1) is 18.0 Å². The second kappa shape index (κ2) is 14.5. The van der Waals surface area contributed by atoms with E-state index in [0.29, 0.717) is 50.6 Å². The molecule has 0 radical (unpaired) electrons. The van der Waals surface area contributed by atoms with E-state index >= 15 is 0 Å². The Balaban J connectivity index is 1.02. The van der Waals surface area contributed by atoms with E-state index in [2.05, 4.69) is 4.90 Å². The summed E-state index contributed by atoms with van der Waals surface area (Å²) in [7, 11) is 0. The van der Waals surface area contributed by atoms with Crippen molar-refractivity contribution in [2.75, 3.05) is 59.0 Å². The lowest BCUT2D eigenvalue weighted by atomic mass is 9.93. The number of pyridine rings is 1. The SMILES string of the molecule is N[C@@H](CO)C(=O)N1CCC(C(=O)N2CCC(N3CCN(C(=O)c4cc(-c5ccccc5)nc(-c5ccccc5)c4)CC3)CC2)CC1. The first kappa shape index (κ1) is 31.8. The molecule has 0 spiro atoms. The Labute approximate surface area is 270 Å². The highest BCUT2D eigenvalue weighted by atomic mass is 16.3. The van der Waals surface area contributed by atoms with E-state index in [1.807, 2.05) is 82.6 Å². The zero-order valence-corrected chi connectivity index (χ0v) is 26.3. The minimum Gasteiger partial charge on any atom is -0.394 e. The van der Waals surface area contributed by atoms with Crippen molar-refractivity contribution >= 4 is 17.7 Å². The Hall–Kier alpha value is -4.12. The molecule has 0 bridgehead atoms. The average molecular weight is 625 g/mol. The Morgan fingerprint density at radius 2 is 1.24 bits per heavy atom. The quantitative estimate of drug-likeness (QED) is 0.415. The Morgan fingerprint density at radius 3 is 1.76 bits per heavy atom. The molecule has 10 nitrogen and oxygen atoms in total. The van der Waals surface area contributed by atoms with Gasteiger partial charge in [-0.15, -0.1) is 0 Å². The van der Waals surface area contributed by atoms with Gasteiger partial charge in [-0.25, -0.2) is 4.98 Å². The van der Waals surface area contributed by atoms with Crippen molar-refractivity contribution in [3.63, 3.8) is 0 Å². The number of aliphatic hydroxyl groups is 1. The van der Waals surface area contributed by atoms with Crippen LogP contribution in [0.2, 0.25) is 0 Å². The van der Waals surface area contributed by atoms with E-state index in [4.69, 9.17) is 10.7 Å². The molecular weight excluding hydrogens is 580 g/mol. The topological polar surface area (TPSA) is 123 Å². The van der Waals surface area contributed by atoms with Crippen molar-refractivity contribution in [3.8, 4) is 22.5 Å². The van der Waals surface area contributed by atoms with Gasteiger partial charge in [0.2, 0.25) is 11.8 Å². The molecule has 3 aromatic rings. The van der Waals surface area contributed by atoms with E-state index in [9.17, 15) is 19.5 Å². The monoisotopic (exact) mass is 624 g/mol. The van der Waals surface area contributed by atoms with E-state index in [1.165, 1.54) is 0 Å². The summed E-state index contributed by atoms with van der Waals surface area (Å²) < 4.78 is 0. The number of benzene rings is 2. The lowest BCUT2D eigenvalue weighted by Gasteiger charge is -2.43. The first-order valence-electron chi connectivity index (χ1n) is 16.5. The molecule has 3 fully saturated rings. The van der Waals surface area contributed by atoms with Crippen LogP contribution < -0.4 is 5.73 Å². The highest BCUT2D eigenvalue weighted by molar-refractivity contribution is 5.96. The fourth-order valence-electron chi connectivity index (χ4n) is 7.01. The summed E-state index contributed by atoms with van der Waals surface area (Å²) in [5, 5.41) is 9.18. The van der Waals surface area contributed by atoms with Crippen LogP contribution in [0.3, 0.4) is 0 Å². The lowest BCUT2D eigenvalue weighted by molar-refractivity contribution is -0.142. The second-order valence-corrected chi connectivity index (χ2v) is 12.6. The van der Waals surface area contributed by atoms with Crippen LogP contribution in [-0.2, 0) is 9.59 Å². The van der Waals surface area contributed by atoms with Crippen molar-refractivity contribution in [1.82, 2.24) is 24.6 Å². The first-order valence-corrected chi connectivity index (χ1v) is 16.5. The molecule has 0 saturated carbocycles. The maximum absolute atomic E-state index is 13.8. The number of aliphatic hydroxyl groups excluding tert-OH is 1. The van der Waals surface area contributed by atoms with Gasteiger partial charge in [0.1, 0.15) is 6.04 Å². The maximum Gasteiger partial charge on any atom is 0.254 e. The molecule has 3 saturated heterocycles. The summed E-state index contributed by atoms with van der Waals surface area (Å²) in [5.74, 6) is -0.0957. The van der Waals surface area contributed by atoms with Crippen LogP contribution in [0.4, 0.5) is 0 Å². The van der Waals surface area contributed by atoms with Crippen LogP contribution in [0.1, 0.15) is 36.0 Å². The summed E-state index contributed by atoms with van der Waals surface area (Å²) in [5.41, 5.74) is 9.88. The Bertz CT molecular complexity index is 1440. The van der Waals surface area contributed by atoms with Gasteiger partial charge in [-0.1, -0.05) is 60.7 Å². The largest absolute Gasteiger partial charge is 0.394 e. The van der Waals surface area contributed by atoms with Crippen LogP contribution in [0, 0.1) is 5.92 Å². The average Bonchev–Trinajstić information content (AvgIpc) is 3.14. The fraction of sp³-hybridized carbons (Fsp3) is 0.444. The van der Waals surface area contributed by atoms with Gasteiger partial charge in [-0.3, -0.25) is 19.3 Å². The van der Waals surface area contributed by atoms with Crippen molar-refractivity contribution < 1.29 is 19.5 Å². The van der Waals surface area contributed by atoms with E-state index in [1.54, 1.807) is 4.90 Å². The number of piperidine rings is 2. The number of nitrogens with zero attached hydrogens (tertiary/aromatic N) is 5. The minimum atomic E-state index is -0.887. The molecule has 2 aromatic carbocycles. The third kappa shape index (κ3) is 7.14.